The number of carbonyl (C=O) groups is 1. The van der Waals surface area contributed by atoms with Crippen LogP contribution in [0.25, 0.3) is 0 Å². The van der Waals surface area contributed by atoms with Gasteiger partial charge in [0, 0.05) is 23.8 Å². The molecule has 2 saturated heterocycles. The molecule has 3 heterocycles. The van der Waals surface area contributed by atoms with Crippen molar-refractivity contribution in [3.05, 3.63) is 17.7 Å². The molecule has 1 amide bonds. The zero-order valence-corrected chi connectivity index (χ0v) is 9.29. The van der Waals surface area contributed by atoms with Crippen LogP contribution in [0, 0.1) is 6.92 Å². The van der Waals surface area contributed by atoms with Crippen LogP contribution in [0.3, 0.4) is 0 Å². The van der Waals surface area contributed by atoms with Crippen LogP contribution in [0.4, 0.5) is 0 Å². The number of aromatic nitrogens is 2. The number of aromatic amines is 1. The first-order chi connectivity index (χ1) is 7.74. The van der Waals surface area contributed by atoms with E-state index in [1.54, 1.807) is 6.33 Å². The number of amides is 1. The van der Waals surface area contributed by atoms with Crippen molar-refractivity contribution in [2.45, 2.75) is 44.3 Å². The lowest BCUT2D eigenvalue weighted by atomic mass is 9.95. The minimum Gasteiger partial charge on any atom is -0.348 e. The van der Waals surface area contributed by atoms with E-state index in [4.69, 9.17) is 0 Å². The van der Waals surface area contributed by atoms with E-state index in [0.717, 1.165) is 12.1 Å². The fourth-order valence-electron chi connectivity index (χ4n) is 2.81. The number of H-pyrrole nitrogens is 1. The molecule has 2 aliphatic heterocycles. The van der Waals surface area contributed by atoms with E-state index in [0.29, 0.717) is 17.8 Å². The summed E-state index contributed by atoms with van der Waals surface area (Å²) in [7, 11) is 0. The van der Waals surface area contributed by atoms with Crippen LogP contribution in [0.1, 0.15) is 35.4 Å². The van der Waals surface area contributed by atoms with Gasteiger partial charge in [0.05, 0.1) is 6.33 Å². The molecule has 0 aromatic carbocycles. The van der Waals surface area contributed by atoms with Gasteiger partial charge in [0.1, 0.15) is 5.69 Å². The number of fused-ring (bicyclic) bond motifs is 2. The highest BCUT2D eigenvalue weighted by molar-refractivity contribution is 5.93. The largest absolute Gasteiger partial charge is 0.348 e. The summed E-state index contributed by atoms with van der Waals surface area (Å²) < 4.78 is 0. The first-order valence-corrected chi connectivity index (χ1v) is 5.81. The average molecular weight is 220 g/mol. The lowest BCUT2D eigenvalue weighted by molar-refractivity contribution is 0.0926. The lowest BCUT2D eigenvalue weighted by Crippen LogP contribution is -2.43. The Morgan fingerprint density at radius 3 is 3.00 bits per heavy atom. The molecule has 0 aliphatic carbocycles. The average Bonchev–Trinajstić information content (AvgIpc) is 2.92. The molecule has 2 fully saturated rings. The van der Waals surface area contributed by atoms with Gasteiger partial charge in [-0.1, -0.05) is 0 Å². The van der Waals surface area contributed by atoms with Gasteiger partial charge in [-0.2, -0.15) is 0 Å². The molecule has 1 aromatic rings. The molecule has 2 bridgehead atoms. The lowest BCUT2D eigenvalue weighted by Gasteiger charge is -2.21. The highest BCUT2D eigenvalue weighted by atomic mass is 16.2. The number of carbonyl (C=O) groups excluding carboxylic acids is 1. The van der Waals surface area contributed by atoms with Crippen LogP contribution in [0.2, 0.25) is 0 Å². The molecule has 3 rings (SSSR count). The second kappa shape index (κ2) is 3.59. The van der Waals surface area contributed by atoms with Gasteiger partial charge in [-0.05, 0) is 26.2 Å². The zero-order valence-electron chi connectivity index (χ0n) is 9.29. The predicted molar refractivity (Wildman–Crippen MR) is 59.1 cm³/mol. The fourth-order valence-corrected chi connectivity index (χ4v) is 2.81. The Labute approximate surface area is 94.0 Å². The van der Waals surface area contributed by atoms with Crippen molar-refractivity contribution in [3.63, 3.8) is 0 Å². The second-order valence-electron chi connectivity index (χ2n) is 4.74. The summed E-state index contributed by atoms with van der Waals surface area (Å²) in [6.07, 6.45) is 5.04. The first kappa shape index (κ1) is 9.84. The SMILES string of the molecule is Cc1[nH]cnc1C(=O)N[C@H]1C[C@H]2CC[C@@H]1N2. The van der Waals surface area contributed by atoms with E-state index >= 15 is 0 Å². The van der Waals surface area contributed by atoms with Crippen LogP contribution in [0.5, 0.6) is 0 Å². The maximum atomic E-state index is 11.9. The molecule has 2 aliphatic rings. The van der Waals surface area contributed by atoms with E-state index in [9.17, 15) is 4.79 Å². The third kappa shape index (κ3) is 1.51. The van der Waals surface area contributed by atoms with Crippen LogP contribution < -0.4 is 10.6 Å². The van der Waals surface area contributed by atoms with Crippen molar-refractivity contribution in [1.29, 1.82) is 0 Å². The van der Waals surface area contributed by atoms with Crippen molar-refractivity contribution >= 4 is 5.91 Å². The van der Waals surface area contributed by atoms with Crippen LogP contribution >= 0.6 is 0 Å². The monoisotopic (exact) mass is 220 g/mol. The third-order valence-electron chi connectivity index (χ3n) is 3.66. The van der Waals surface area contributed by atoms with Crippen molar-refractivity contribution in [1.82, 2.24) is 20.6 Å². The molecule has 0 saturated carbocycles. The molecule has 1 aromatic heterocycles. The summed E-state index contributed by atoms with van der Waals surface area (Å²) in [6.45, 7) is 1.86. The number of imidazole rings is 1. The van der Waals surface area contributed by atoms with E-state index in [1.807, 2.05) is 6.92 Å². The Kier molecular flexibility index (Phi) is 2.21. The van der Waals surface area contributed by atoms with E-state index in [2.05, 4.69) is 20.6 Å². The maximum Gasteiger partial charge on any atom is 0.272 e. The summed E-state index contributed by atoms with van der Waals surface area (Å²) in [5.41, 5.74) is 1.34. The standard InChI is InChI=1S/C11H16N4O/c1-6-10(13-5-12-6)11(16)15-9-4-7-2-3-8(9)14-7/h5,7-9,14H,2-4H2,1H3,(H,12,13)(H,15,16)/t7-,8+,9+/m1/s1. The van der Waals surface area contributed by atoms with Crippen molar-refractivity contribution < 1.29 is 4.79 Å². The summed E-state index contributed by atoms with van der Waals surface area (Å²) in [5.74, 6) is -0.0573. The highest BCUT2D eigenvalue weighted by Gasteiger charge is 2.39. The molecule has 16 heavy (non-hydrogen) atoms. The zero-order chi connectivity index (χ0) is 11.1. The Bertz CT molecular complexity index is 414. The summed E-state index contributed by atoms with van der Waals surface area (Å²) >= 11 is 0. The molecular formula is C11H16N4O. The van der Waals surface area contributed by atoms with Crippen LogP contribution in [0.15, 0.2) is 6.33 Å². The summed E-state index contributed by atoms with van der Waals surface area (Å²) in [4.78, 5) is 18.9. The van der Waals surface area contributed by atoms with E-state index in [-0.39, 0.29) is 11.9 Å². The smallest absolute Gasteiger partial charge is 0.272 e. The summed E-state index contributed by atoms with van der Waals surface area (Å²) in [6, 6.07) is 1.35. The molecule has 3 N–H and O–H groups in total. The first-order valence-electron chi connectivity index (χ1n) is 5.81. The van der Waals surface area contributed by atoms with Crippen molar-refractivity contribution in [2.75, 3.05) is 0 Å². The number of nitrogens with zero attached hydrogens (tertiary/aromatic N) is 1. The van der Waals surface area contributed by atoms with Crippen molar-refractivity contribution in [3.8, 4) is 0 Å². The predicted octanol–water partition coefficient (Wildman–Crippen LogP) is 0.341. The molecule has 3 atom stereocenters. The van der Waals surface area contributed by atoms with Gasteiger partial charge in [0.25, 0.3) is 5.91 Å². The Balaban J connectivity index is 1.67. The van der Waals surface area contributed by atoms with Gasteiger partial charge in [0.2, 0.25) is 0 Å². The molecular weight excluding hydrogens is 204 g/mol. The number of hydrogen-bond donors (Lipinski definition) is 3. The minimum absolute atomic E-state index is 0.0573. The maximum absolute atomic E-state index is 11.9. The Hall–Kier alpha value is -1.36. The number of aryl methyl sites for hydroxylation is 1. The summed E-state index contributed by atoms with van der Waals surface area (Å²) in [5, 5.41) is 6.57. The molecule has 0 radical (unpaired) electrons. The number of hydrogen-bond acceptors (Lipinski definition) is 3. The van der Waals surface area contributed by atoms with Crippen molar-refractivity contribution in [2.24, 2.45) is 0 Å². The van der Waals surface area contributed by atoms with Gasteiger partial charge in [-0.3, -0.25) is 4.79 Å². The van der Waals surface area contributed by atoms with E-state index in [1.165, 1.54) is 12.8 Å². The number of rotatable bonds is 2. The highest BCUT2D eigenvalue weighted by Crippen LogP contribution is 2.28. The minimum atomic E-state index is -0.0573. The third-order valence-corrected chi connectivity index (χ3v) is 3.66. The topological polar surface area (TPSA) is 69.8 Å². The normalized spacial score (nSPS) is 31.9. The molecule has 5 nitrogen and oxygen atoms in total. The van der Waals surface area contributed by atoms with Gasteiger partial charge >= 0.3 is 0 Å². The molecule has 5 heteroatoms. The quantitative estimate of drug-likeness (QED) is 0.673. The van der Waals surface area contributed by atoms with Crippen LogP contribution in [-0.2, 0) is 0 Å². The fraction of sp³-hybridized carbons (Fsp3) is 0.636. The van der Waals surface area contributed by atoms with Gasteiger partial charge in [-0.15, -0.1) is 0 Å². The second-order valence-corrected chi connectivity index (χ2v) is 4.74. The van der Waals surface area contributed by atoms with E-state index < -0.39 is 0 Å². The number of nitrogens with one attached hydrogen (secondary N) is 3. The van der Waals surface area contributed by atoms with Gasteiger partial charge < -0.3 is 15.6 Å². The Morgan fingerprint density at radius 1 is 1.56 bits per heavy atom. The molecule has 0 unspecified atom stereocenters. The Morgan fingerprint density at radius 2 is 2.44 bits per heavy atom. The van der Waals surface area contributed by atoms with Gasteiger partial charge in [-0.25, -0.2) is 4.98 Å². The van der Waals surface area contributed by atoms with Crippen LogP contribution in [-0.4, -0.2) is 34.0 Å². The molecule has 0 spiro atoms. The molecule has 86 valence electrons. The van der Waals surface area contributed by atoms with Gasteiger partial charge in [0.15, 0.2) is 0 Å².